The average Bonchev–Trinajstić information content (AvgIpc) is 2.44. The minimum Gasteiger partial charge on any atom is -0.478 e. The first-order valence-electron chi connectivity index (χ1n) is 6.41. The molecule has 0 aliphatic heterocycles. The van der Waals surface area contributed by atoms with Crippen LogP contribution in [0.25, 0.3) is 0 Å². The van der Waals surface area contributed by atoms with E-state index in [0.29, 0.717) is 6.42 Å². The molecule has 0 aliphatic rings. The number of nitrogens with one attached hydrogen (secondary N) is 1. The molecule has 0 aromatic heterocycles. The second-order valence-electron chi connectivity index (χ2n) is 4.73. The molecule has 1 aromatic carbocycles. The van der Waals surface area contributed by atoms with Crippen molar-refractivity contribution in [2.45, 2.75) is 24.3 Å². The van der Waals surface area contributed by atoms with Crippen molar-refractivity contribution in [3.05, 3.63) is 23.8 Å². The Labute approximate surface area is 124 Å². The molecule has 1 unspecified atom stereocenters. The van der Waals surface area contributed by atoms with Gasteiger partial charge < -0.3 is 15.5 Å². The minimum atomic E-state index is -3.70. The summed E-state index contributed by atoms with van der Waals surface area (Å²) >= 11 is 0. The molecule has 8 heteroatoms. The molecule has 0 amide bonds. The fraction of sp³-hybridized carbons (Fsp3) is 0.462. The molecular formula is C13H20N2O5S. The number of benzene rings is 1. The predicted octanol–water partition coefficient (Wildman–Crippen LogP) is 0.818. The van der Waals surface area contributed by atoms with E-state index in [9.17, 15) is 18.3 Å². The number of sulfonamides is 1. The van der Waals surface area contributed by atoms with Crippen molar-refractivity contribution in [2.75, 3.05) is 26.0 Å². The molecule has 1 atom stereocenters. The molecule has 7 nitrogen and oxygen atoms in total. The molecular weight excluding hydrogens is 296 g/mol. The Morgan fingerprint density at radius 3 is 2.43 bits per heavy atom. The van der Waals surface area contributed by atoms with Crippen molar-refractivity contribution < 1.29 is 23.4 Å². The van der Waals surface area contributed by atoms with E-state index in [1.165, 1.54) is 26.2 Å². The minimum absolute atomic E-state index is 0.0903. The summed E-state index contributed by atoms with van der Waals surface area (Å²) in [6.07, 6.45) is 0.604. The zero-order valence-electron chi connectivity index (χ0n) is 12.2. The lowest BCUT2D eigenvalue weighted by molar-refractivity contribution is 0.0697. The fourth-order valence-corrected chi connectivity index (χ4v) is 2.62. The highest BCUT2D eigenvalue weighted by Crippen LogP contribution is 2.23. The third-order valence-corrected chi connectivity index (χ3v) is 4.88. The summed E-state index contributed by atoms with van der Waals surface area (Å²) in [6, 6.07) is 3.57. The lowest BCUT2D eigenvalue weighted by Gasteiger charge is -2.18. The monoisotopic (exact) mass is 316 g/mol. The number of rotatable bonds is 7. The molecule has 1 rings (SSSR count). The number of hydrogen-bond acceptors (Lipinski definition) is 5. The Morgan fingerprint density at radius 2 is 2.00 bits per heavy atom. The second kappa shape index (κ2) is 6.88. The molecule has 0 saturated heterocycles. The van der Waals surface area contributed by atoms with Crippen LogP contribution in [-0.4, -0.2) is 55.6 Å². The SMILES string of the molecule is CCC(CO)Nc1ccc(S(=O)(=O)N(C)C)cc1C(=O)O. The average molecular weight is 316 g/mol. The molecule has 21 heavy (non-hydrogen) atoms. The van der Waals surface area contributed by atoms with E-state index in [0.717, 1.165) is 10.4 Å². The highest BCUT2D eigenvalue weighted by Gasteiger charge is 2.21. The number of carboxylic acids is 1. The number of carboxylic acid groups (broad SMARTS) is 1. The van der Waals surface area contributed by atoms with Gasteiger partial charge in [-0.3, -0.25) is 0 Å². The van der Waals surface area contributed by atoms with Crippen molar-refractivity contribution >= 4 is 21.7 Å². The fourth-order valence-electron chi connectivity index (χ4n) is 1.69. The third-order valence-electron chi connectivity index (χ3n) is 3.07. The van der Waals surface area contributed by atoms with Gasteiger partial charge >= 0.3 is 5.97 Å². The van der Waals surface area contributed by atoms with Crippen LogP contribution in [0, 0.1) is 0 Å². The van der Waals surface area contributed by atoms with Crippen LogP contribution >= 0.6 is 0 Å². The van der Waals surface area contributed by atoms with Crippen LogP contribution in [0.5, 0.6) is 0 Å². The first-order chi connectivity index (χ1) is 9.73. The van der Waals surface area contributed by atoms with Gasteiger partial charge in [0.25, 0.3) is 0 Å². The van der Waals surface area contributed by atoms with Crippen molar-refractivity contribution in [1.29, 1.82) is 0 Å². The molecule has 0 fully saturated rings. The quantitative estimate of drug-likeness (QED) is 0.687. The number of hydrogen-bond donors (Lipinski definition) is 3. The van der Waals surface area contributed by atoms with Crippen molar-refractivity contribution in [2.24, 2.45) is 0 Å². The van der Waals surface area contributed by atoms with E-state index in [1.807, 2.05) is 6.92 Å². The first kappa shape index (κ1) is 17.4. The van der Waals surface area contributed by atoms with Crippen LogP contribution in [0.1, 0.15) is 23.7 Å². The standard InChI is InChI=1S/C13H20N2O5S/c1-4-9(8-16)14-12-6-5-10(7-11(12)13(17)18)21(19,20)15(2)3/h5-7,9,14,16H,4,8H2,1-3H3,(H,17,18). The molecule has 3 N–H and O–H groups in total. The second-order valence-corrected chi connectivity index (χ2v) is 6.88. The van der Waals surface area contributed by atoms with Gasteiger partial charge in [0.1, 0.15) is 0 Å². The number of aliphatic hydroxyl groups excluding tert-OH is 1. The van der Waals surface area contributed by atoms with Crippen molar-refractivity contribution in [3.8, 4) is 0 Å². The number of aromatic carboxylic acids is 1. The molecule has 0 heterocycles. The summed E-state index contributed by atoms with van der Waals surface area (Å²) in [5.41, 5.74) is 0.130. The maximum atomic E-state index is 12.0. The summed E-state index contributed by atoms with van der Waals surface area (Å²) in [7, 11) is -0.945. The van der Waals surface area contributed by atoms with E-state index in [-0.39, 0.29) is 28.8 Å². The van der Waals surface area contributed by atoms with Gasteiger partial charge in [-0.25, -0.2) is 17.5 Å². The van der Waals surface area contributed by atoms with Gasteiger partial charge in [-0.1, -0.05) is 6.92 Å². The van der Waals surface area contributed by atoms with Gasteiger partial charge in [0.05, 0.1) is 17.1 Å². The first-order valence-corrected chi connectivity index (χ1v) is 7.85. The van der Waals surface area contributed by atoms with Crippen LogP contribution in [0.2, 0.25) is 0 Å². The third kappa shape index (κ3) is 3.93. The number of anilines is 1. The smallest absolute Gasteiger partial charge is 0.337 e. The van der Waals surface area contributed by atoms with Gasteiger partial charge in [0.15, 0.2) is 0 Å². The maximum Gasteiger partial charge on any atom is 0.337 e. The van der Waals surface area contributed by atoms with Gasteiger partial charge in [-0.15, -0.1) is 0 Å². The van der Waals surface area contributed by atoms with Crippen LogP contribution < -0.4 is 5.32 Å². The Balaban J connectivity index is 3.29. The Hall–Kier alpha value is -1.64. The molecule has 0 aliphatic carbocycles. The van der Waals surface area contributed by atoms with E-state index < -0.39 is 16.0 Å². The normalized spacial score (nSPS) is 13.2. The topological polar surface area (TPSA) is 107 Å². The Kier molecular flexibility index (Phi) is 5.70. The molecule has 118 valence electrons. The summed E-state index contributed by atoms with van der Waals surface area (Å²) in [6.45, 7) is 1.70. The van der Waals surface area contributed by atoms with Crippen LogP contribution in [0.3, 0.4) is 0 Å². The number of aliphatic hydroxyl groups is 1. The zero-order valence-corrected chi connectivity index (χ0v) is 13.0. The predicted molar refractivity (Wildman–Crippen MR) is 79.1 cm³/mol. The maximum absolute atomic E-state index is 12.0. The van der Waals surface area contributed by atoms with E-state index in [2.05, 4.69) is 5.32 Å². The largest absolute Gasteiger partial charge is 0.478 e. The van der Waals surface area contributed by atoms with Gasteiger partial charge in [0.2, 0.25) is 10.0 Å². The van der Waals surface area contributed by atoms with E-state index >= 15 is 0 Å². The van der Waals surface area contributed by atoms with Crippen LogP contribution in [-0.2, 0) is 10.0 Å². The molecule has 0 radical (unpaired) electrons. The van der Waals surface area contributed by atoms with Crippen LogP contribution in [0.15, 0.2) is 23.1 Å². The van der Waals surface area contributed by atoms with Gasteiger partial charge in [-0.05, 0) is 24.6 Å². The summed E-state index contributed by atoms with van der Waals surface area (Å²) < 4.78 is 25.1. The van der Waals surface area contributed by atoms with Crippen molar-refractivity contribution in [1.82, 2.24) is 4.31 Å². The molecule has 1 aromatic rings. The number of carbonyl (C=O) groups is 1. The molecule has 0 bridgehead atoms. The highest BCUT2D eigenvalue weighted by atomic mass is 32.2. The summed E-state index contributed by atoms with van der Waals surface area (Å²) in [4.78, 5) is 11.2. The van der Waals surface area contributed by atoms with Gasteiger partial charge in [0, 0.05) is 25.8 Å². The zero-order chi connectivity index (χ0) is 16.2. The summed E-state index contributed by atoms with van der Waals surface area (Å²) in [5.74, 6) is -1.24. The van der Waals surface area contributed by atoms with Gasteiger partial charge in [-0.2, -0.15) is 0 Å². The Morgan fingerprint density at radius 1 is 1.38 bits per heavy atom. The van der Waals surface area contributed by atoms with E-state index in [1.54, 1.807) is 0 Å². The lowest BCUT2D eigenvalue weighted by atomic mass is 10.1. The van der Waals surface area contributed by atoms with Crippen molar-refractivity contribution in [3.63, 3.8) is 0 Å². The molecule has 0 saturated carbocycles. The lowest BCUT2D eigenvalue weighted by Crippen LogP contribution is -2.25. The number of nitrogens with zero attached hydrogens (tertiary/aromatic N) is 1. The van der Waals surface area contributed by atoms with Crippen LogP contribution in [0.4, 0.5) is 5.69 Å². The molecule has 0 spiro atoms. The highest BCUT2D eigenvalue weighted by molar-refractivity contribution is 7.89. The van der Waals surface area contributed by atoms with E-state index in [4.69, 9.17) is 5.11 Å². The Bertz CT molecular complexity index is 609. The summed E-state index contributed by atoms with van der Waals surface area (Å²) in [5, 5.41) is 21.3.